The Balaban J connectivity index is 2.02. The van der Waals surface area contributed by atoms with E-state index in [4.69, 9.17) is 0 Å². The van der Waals surface area contributed by atoms with Crippen LogP contribution in [0.1, 0.15) is 94.2 Å². The standard InChI is InChI=1S/C44H54GeS/c1-29(2)45(30(3)4,31(5)6)23-21-39-41-25-35-17-13-15-19-37(35)27-43(41)40(22-24-46(32(7)8,33(9)10)34(11)12)44-28-38-20-16-14-18-36(38)26-42(39)44/h13-20,25-34H,1-12H3. The van der Waals surface area contributed by atoms with Gasteiger partial charge in [-0.3, -0.25) is 0 Å². The van der Waals surface area contributed by atoms with Crippen LogP contribution in [0.25, 0.3) is 43.1 Å². The van der Waals surface area contributed by atoms with Crippen LogP contribution in [0.4, 0.5) is 0 Å². The third-order valence-electron chi connectivity index (χ3n) is 10.8. The van der Waals surface area contributed by atoms with Crippen LogP contribution in [-0.4, -0.2) is 29.0 Å². The molecule has 0 bridgehead atoms. The van der Waals surface area contributed by atoms with E-state index in [-0.39, 0.29) is 0 Å². The van der Waals surface area contributed by atoms with Gasteiger partial charge in [0.2, 0.25) is 0 Å². The van der Waals surface area contributed by atoms with E-state index in [2.05, 4.69) is 178 Å². The molecule has 0 saturated heterocycles. The molecule has 0 saturated carbocycles. The van der Waals surface area contributed by atoms with Gasteiger partial charge in [-0.25, -0.2) is 0 Å². The summed E-state index contributed by atoms with van der Waals surface area (Å²) in [5.41, 5.74) is 2.34. The van der Waals surface area contributed by atoms with Crippen LogP contribution in [0.3, 0.4) is 0 Å². The van der Waals surface area contributed by atoms with Crippen LogP contribution in [0, 0.1) is 21.8 Å². The monoisotopic (exact) mass is 688 g/mol. The van der Waals surface area contributed by atoms with Gasteiger partial charge >= 0.3 is 285 Å². The molecule has 0 nitrogen and oxygen atoms in total. The molecule has 5 rings (SSSR count). The van der Waals surface area contributed by atoms with Crippen molar-refractivity contribution in [1.29, 1.82) is 0 Å². The molecule has 5 aromatic rings. The van der Waals surface area contributed by atoms with E-state index in [1.54, 1.807) is 0 Å². The van der Waals surface area contributed by atoms with Crippen LogP contribution in [0.5, 0.6) is 0 Å². The molecule has 0 aromatic heterocycles. The molecule has 0 aliphatic rings. The van der Waals surface area contributed by atoms with Crippen LogP contribution >= 0.6 is 10.0 Å². The van der Waals surface area contributed by atoms with Crippen LogP contribution in [-0.2, 0) is 0 Å². The molecular weight excluding hydrogens is 633 g/mol. The summed E-state index contributed by atoms with van der Waals surface area (Å²) in [6.45, 7) is 28.9. The summed E-state index contributed by atoms with van der Waals surface area (Å²) in [6.07, 6.45) is 0. The van der Waals surface area contributed by atoms with Crippen molar-refractivity contribution in [2.24, 2.45) is 0 Å². The van der Waals surface area contributed by atoms with E-state index in [0.29, 0.717) is 30.0 Å². The molecular formula is C44H54GeS. The Morgan fingerprint density at radius 1 is 0.457 bits per heavy atom. The first-order valence-electron chi connectivity index (χ1n) is 17.4. The molecule has 0 spiro atoms. The molecule has 0 amide bonds. The van der Waals surface area contributed by atoms with E-state index in [1.807, 2.05) is 0 Å². The maximum absolute atomic E-state index is 4.15. The van der Waals surface area contributed by atoms with Gasteiger partial charge in [0.15, 0.2) is 0 Å². The van der Waals surface area contributed by atoms with Gasteiger partial charge in [-0.15, -0.1) is 0 Å². The predicted octanol–water partition coefficient (Wildman–Crippen LogP) is 13.2. The zero-order valence-corrected chi connectivity index (χ0v) is 33.2. The summed E-state index contributed by atoms with van der Waals surface area (Å²) in [6, 6.07) is 27.2. The number of fused-ring (bicyclic) bond motifs is 4. The van der Waals surface area contributed by atoms with Crippen molar-refractivity contribution in [2.45, 2.75) is 113 Å². The predicted molar refractivity (Wildman–Crippen MR) is 214 cm³/mol. The number of benzene rings is 5. The third kappa shape index (κ3) is 5.78. The molecule has 0 heterocycles. The minimum absolute atomic E-state index is 0.521. The molecule has 0 aliphatic heterocycles. The van der Waals surface area contributed by atoms with Crippen LogP contribution < -0.4 is 0 Å². The Bertz CT molecular complexity index is 1750. The average molecular weight is 688 g/mol. The molecule has 0 aliphatic carbocycles. The summed E-state index contributed by atoms with van der Waals surface area (Å²) in [4.78, 5) is 0. The molecule has 0 unspecified atom stereocenters. The first kappa shape index (κ1) is 34.5. The fraction of sp³-hybridized carbons (Fsp3) is 0.409. The second-order valence-corrected chi connectivity index (χ2v) is 31.3. The molecule has 0 fully saturated rings. The quantitative estimate of drug-likeness (QED) is 0.0947. The summed E-state index contributed by atoms with van der Waals surface area (Å²) < 4.78 is 6.02. The van der Waals surface area contributed by atoms with Crippen molar-refractivity contribution < 1.29 is 0 Å². The van der Waals surface area contributed by atoms with Gasteiger partial charge in [-0.1, -0.05) is 0 Å². The van der Waals surface area contributed by atoms with Crippen molar-refractivity contribution >= 4 is 66.4 Å². The SMILES string of the molecule is CC(C)S(C#Cc1c2cc3ccccc3cc2c(C#[C][Ge]([CH](C)C)([CH](C)C)[CH](C)C)c2cc3ccccc3cc12)(C(C)C)C(C)C. The summed E-state index contributed by atoms with van der Waals surface area (Å²) in [7, 11) is -1.22. The fourth-order valence-corrected chi connectivity index (χ4v) is 23.8. The minimum atomic E-state index is -2.62. The normalized spacial score (nSPS) is 13.1. The fourth-order valence-electron chi connectivity index (χ4n) is 8.60. The Kier molecular flexibility index (Phi) is 10.0. The second-order valence-electron chi connectivity index (χ2n) is 15.0. The zero-order valence-electron chi connectivity index (χ0n) is 30.3. The third-order valence-corrected chi connectivity index (χ3v) is 29.1. The van der Waals surface area contributed by atoms with E-state index in [9.17, 15) is 0 Å². The first-order valence-corrected chi connectivity index (χ1v) is 23.9. The van der Waals surface area contributed by atoms with Crippen molar-refractivity contribution in [3.63, 3.8) is 0 Å². The summed E-state index contributed by atoms with van der Waals surface area (Å²) >= 11 is -2.62. The molecule has 240 valence electrons. The van der Waals surface area contributed by atoms with Crippen molar-refractivity contribution in [2.75, 3.05) is 0 Å². The summed E-state index contributed by atoms with van der Waals surface area (Å²) in [5.74, 6) is 7.94. The Hall–Kier alpha value is -2.85. The van der Waals surface area contributed by atoms with Gasteiger partial charge in [0.05, 0.1) is 0 Å². The van der Waals surface area contributed by atoms with Gasteiger partial charge in [0, 0.05) is 0 Å². The Morgan fingerprint density at radius 3 is 1.04 bits per heavy atom. The van der Waals surface area contributed by atoms with Gasteiger partial charge in [-0.05, 0) is 0 Å². The van der Waals surface area contributed by atoms with E-state index in [0.717, 1.165) is 5.56 Å². The van der Waals surface area contributed by atoms with Gasteiger partial charge in [0.1, 0.15) is 0 Å². The first-order chi connectivity index (χ1) is 21.7. The number of hydrogen-bond donors (Lipinski definition) is 0. The van der Waals surface area contributed by atoms with E-state index >= 15 is 0 Å². The van der Waals surface area contributed by atoms with Crippen molar-refractivity contribution in [1.82, 2.24) is 0 Å². The molecule has 0 atom stereocenters. The van der Waals surface area contributed by atoms with Crippen molar-refractivity contribution in [3.8, 4) is 21.8 Å². The molecule has 0 N–H and O–H groups in total. The number of rotatable bonds is 6. The van der Waals surface area contributed by atoms with Gasteiger partial charge < -0.3 is 0 Å². The van der Waals surface area contributed by atoms with Crippen molar-refractivity contribution in [3.05, 3.63) is 83.9 Å². The molecule has 46 heavy (non-hydrogen) atoms. The van der Waals surface area contributed by atoms with Gasteiger partial charge in [-0.2, -0.15) is 0 Å². The zero-order chi connectivity index (χ0) is 33.6. The Labute approximate surface area is 283 Å². The van der Waals surface area contributed by atoms with E-state index in [1.165, 1.54) is 48.7 Å². The molecule has 0 radical (unpaired) electrons. The topological polar surface area (TPSA) is 0 Å². The average Bonchev–Trinajstić information content (AvgIpc) is 2.99. The second kappa shape index (κ2) is 13.3. The maximum atomic E-state index is 4.15. The molecule has 5 aromatic carbocycles. The summed E-state index contributed by atoms with van der Waals surface area (Å²) in [5, 5.41) is 15.6. The van der Waals surface area contributed by atoms with Gasteiger partial charge in [0.25, 0.3) is 0 Å². The molecule has 2 heteroatoms. The Morgan fingerprint density at radius 2 is 0.761 bits per heavy atom. The van der Waals surface area contributed by atoms with Crippen LogP contribution in [0.2, 0.25) is 14.3 Å². The van der Waals surface area contributed by atoms with E-state index < -0.39 is 23.3 Å². The number of hydrogen-bond acceptors (Lipinski definition) is 0. The van der Waals surface area contributed by atoms with Crippen LogP contribution in [0.15, 0.2) is 72.8 Å².